The van der Waals surface area contributed by atoms with Crippen molar-refractivity contribution in [3.8, 4) is 11.5 Å². The van der Waals surface area contributed by atoms with Gasteiger partial charge in [0.1, 0.15) is 0 Å². The molecule has 0 unspecified atom stereocenters. The van der Waals surface area contributed by atoms with E-state index in [-0.39, 0.29) is 24.0 Å². The maximum absolute atomic E-state index is 10.1. The molecule has 142 valence electrons. The first-order chi connectivity index (χ1) is 11.6. The summed E-state index contributed by atoms with van der Waals surface area (Å²) in [5, 5.41) is 16.7. The van der Waals surface area contributed by atoms with Crippen molar-refractivity contribution in [2.24, 2.45) is 4.99 Å². The van der Waals surface area contributed by atoms with Gasteiger partial charge in [0, 0.05) is 13.1 Å². The lowest BCUT2D eigenvalue weighted by molar-refractivity contribution is -0.0236. The molecule has 0 aliphatic heterocycles. The van der Waals surface area contributed by atoms with Crippen LogP contribution in [-0.4, -0.2) is 50.5 Å². The number of hydrogen-bond donors (Lipinski definition) is 3. The number of aliphatic imine (C=N–C) groups is 1. The van der Waals surface area contributed by atoms with E-state index in [1.165, 1.54) is 0 Å². The summed E-state index contributed by atoms with van der Waals surface area (Å²) in [6.45, 7) is 4.03. The molecule has 1 saturated carbocycles. The molecule has 3 N–H and O–H groups in total. The van der Waals surface area contributed by atoms with Crippen LogP contribution in [0.4, 0.5) is 0 Å². The maximum Gasteiger partial charge on any atom is 0.191 e. The Morgan fingerprint density at radius 2 is 1.92 bits per heavy atom. The van der Waals surface area contributed by atoms with Crippen molar-refractivity contribution in [3.63, 3.8) is 0 Å². The summed E-state index contributed by atoms with van der Waals surface area (Å²) in [5.74, 6) is 2.22. The van der Waals surface area contributed by atoms with Crippen LogP contribution in [0.1, 0.15) is 31.7 Å². The van der Waals surface area contributed by atoms with Crippen LogP contribution in [0.2, 0.25) is 0 Å². The SMILES string of the molecule is CCNC(=NCC1(O)CCC1)NCCc1ccc(OC)c(OC)c1.I. The van der Waals surface area contributed by atoms with E-state index in [1.54, 1.807) is 14.2 Å². The monoisotopic (exact) mass is 463 g/mol. The molecule has 0 bridgehead atoms. The summed E-state index contributed by atoms with van der Waals surface area (Å²) in [4.78, 5) is 4.50. The third kappa shape index (κ3) is 6.54. The first-order valence-electron chi connectivity index (χ1n) is 8.55. The second-order valence-corrected chi connectivity index (χ2v) is 6.14. The van der Waals surface area contributed by atoms with Crippen LogP contribution >= 0.6 is 24.0 Å². The smallest absolute Gasteiger partial charge is 0.191 e. The molecule has 0 heterocycles. The number of nitrogens with zero attached hydrogens (tertiary/aromatic N) is 1. The second kappa shape index (κ2) is 10.7. The average molecular weight is 463 g/mol. The number of nitrogens with one attached hydrogen (secondary N) is 2. The van der Waals surface area contributed by atoms with Gasteiger partial charge in [-0.25, -0.2) is 0 Å². The number of benzene rings is 1. The van der Waals surface area contributed by atoms with Crippen LogP contribution in [0.5, 0.6) is 11.5 Å². The quantitative estimate of drug-likeness (QED) is 0.314. The topological polar surface area (TPSA) is 75.1 Å². The molecule has 7 heteroatoms. The van der Waals surface area contributed by atoms with Crippen LogP contribution in [0.15, 0.2) is 23.2 Å². The molecular weight excluding hydrogens is 433 g/mol. The molecule has 0 radical (unpaired) electrons. The predicted octanol–water partition coefficient (Wildman–Crippen LogP) is 2.33. The Bertz CT molecular complexity index is 562. The zero-order valence-electron chi connectivity index (χ0n) is 15.3. The van der Waals surface area contributed by atoms with E-state index < -0.39 is 5.60 Å². The molecule has 0 spiro atoms. The van der Waals surface area contributed by atoms with Crippen LogP contribution < -0.4 is 20.1 Å². The molecule has 0 aromatic heterocycles. The van der Waals surface area contributed by atoms with Gasteiger partial charge in [0.2, 0.25) is 0 Å². The fraction of sp³-hybridized carbons (Fsp3) is 0.611. The normalized spacial score (nSPS) is 15.6. The Kier molecular flexibility index (Phi) is 9.34. The molecule has 0 amide bonds. The van der Waals surface area contributed by atoms with Gasteiger partial charge in [0.05, 0.1) is 26.4 Å². The van der Waals surface area contributed by atoms with Gasteiger partial charge in [0.15, 0.2) is 17.5 Å². The Morgan fingerprint density at radius 1 is 1.20 bits per heavy atom. The molecule has 1 aromatic rings. The zero-order valence-corrected chi connectivity index (χ0v) is 17.6. The third-order valence-electron chi connectivity index (χ3n) is 4.31. The summed E-state index contributed by atoms with van der Waals surface area (Å²) < 4.78 is 10.6. The highest BCUT2D eigenvalue weighted by Gasteiger charge is 2.34. The minimum absolute atomic E-state index is 0. The van der Waals surface area contributed by atoms with E-state index in [1.807, 2.05) is 25.1 Å². The van der Waals surface area contributed by atoms with Gasteiger partial charge >= 0.3 is 0 Å². The van der Waals surface area contributed by atoms with Gasteiger partial charge in [-0.15, -0.1) is 24.0 Å². The van der Waals surface area contributed by atoms with Crippen molar-refractivity contribution in [3.05, 3.63) is 23.8 Å². The van der Waals surface area contributed by atoms with Crippen LogP contribution in [0.25, 0.3) is 0 Å². The largest absolute Gasteiger partial charge is 0.493 e. The summed E-state index contributed by atoms with van der Waals surface area (Å²) in [7, 11) is 3.27. The van der Waals surface area contributed by atoms with Crippen LogP contribution in [0, 0.1) is 0 Å². The second-order valence-electron chi connectivity index (χ2n) is 6.14. The van der Waals surface area contributed by atoms with Crippen LogP contribution in [-0.2, 0) is 6.42 Å². The van der Waals surface area contributed by atoms with E-state index in [0.717, 1.165) is 61.8 Å². The van der Waals surface area contributed by atoms with Gasteiger partial charge in [0.25, 0.3) is 0 Å². The van der Waals surface area contributed by atoms with Gasteiger partial charge in [-0.1, -0.05) is 6.07 Å². The van der Waals surface area contributed by atoms with Crippen LogP contribution in [0.3, 0.4) is 0 Å². The minimum Gasteiger partial charge on any atom is -0.493 e. The molecule has 1 fully saturated rings. The molecule has 25 heavy (non-hydrogen) atoms. The van der Waals surface area contributed by atoms with Gasteiger partial charge in [-0.2, -0.15) is 0 Å². The maximum atomic E-state index is 10.1. The Hall–Kier alpha value is -1.22. The van der Waals surface area contributed by atoms with Crippen molar-refractivity contribution in [2.45, 2.75) is 38.2 Å². The predicted molar refractivity (Wildman–Crippen MR) is 111 cm³/mol. The van der Waals surface area contributed by atoms with Crippen molar-refractivity contribution in [1.29, 1.82) is 0 Å². The Balaban J connectivity index is 0.00000312. The Labute approximate surface area is 167 Å². The highest BCUT2D eigenvalue weighted by molar-refractivity contribution is 14.0. The third-order valence-corrected chi connectivity index (χ3v) is 4.31. The number of methoxy groups -OCH3 is 2. The van der Waals surface area contributed by atoms with E-state index in [9.17, 15) is 5.11 Å². The Morgan fingerprint density at radius 3 is 2.48 bits per heavy atom. The molecule has 1 aliphatic carbocycles. The minimum atomic E-state index is -0.592. The lowest BCUT2D eigenvalue weighted by Gasteiger charge is -2.35. The van der Waals surface area contributed by atoms with Crippen molar-refractivity contribution < 1.29 is 14.6 Å². The number of ether oxygens (including phenoxy) is 2. The summed E-state index contributed by atoms with van der Waals surface area (Å²) in [6.07, 6.45) is 3.63. The van der Waals surface area contributed by atoms with Gasteiger partial charge in [-0.05, 0) is 50.3 Å². The fourth-order valence-electron chi connectivity index (χ4n) is 2.67. The summed E-state index contributed by atoms with van der Waals surface area (Å²) in [6, 6.07) is 5.94. The lowest BCUT2D eigenvalue weighted by Crippen LogP contribution is -2.43. The fourth-order valence-corrected chi connectivity index (χ4v) is 2.67. The number of halogens is 1. The van der Waals surface area contributed by atoms with Crippen molar-refractivity contribution in [1.82, 2.24) is 10.6 Å². The highest BCUT2D eigenvalue weighted by atomic mass is 127. The first-order valence-corrected chi connectivity index (χ1v) is 8.55. The average Bonchev–Trinajstić information content (AvgIpc) is 2.57. The first kappa shape index (κ1) is 21.8. The number of aliphatic hydroxyl groups is 1. The summed E-state index contributed by atoms with van der Waals surface area (Å²) >= 11 is 0. The molecular formula is C18H30IN3O3. The van der Waals surface area contributed by atoms with Gasteiger partial charge < -0.3 is 25.2 Å². The zero-order chi connectivity index (χ0) is 17.4. The van der Waals surface area contributed by atoms with E-state index in [0.29, 0.717) is 6.54 Å². The molecule has 1 aromatic carbocycles. The van der Waals surface area contributed by atoms with Crippen molar-refractivity contribution >= 4 is 29.9 Å². The molecule has 2 rings (SSSR count). The van der Waals surface area contributed by atoms with Gasteiger partial charge in [-0.3, -0.25) is 4.99 Å². The number of guanidine groups is 1. The molecule has 0 saturated heterocycles. The molecule has 1 aliphatic rings. The standard InChI is InChI=1S/C18H29N3O3.HI/c1-4-19-17(21-13-18(22)9-5-10-18)20-11-8-14-6-7-15(23-2)16(12-14)24-3;/h6-7,12,22H,4-5,8-11,13H2,1-3H3,(H2,19,20,21);1H. The number of hydrogen-bond acceptors (Lipinski definition) is 4. The van der Waals surface area contributed by atoms with Crippen molar-refractivity contribution in [2.75, 3.05) is 33.9 Å². The highest BCUT2D eigenvalue weighted by Crippen LogP contribution is 2.31. The van der Waals surface area contributed by atoms with E-state index in [2.05, 4.69) is 15.6 Å². The summed E-state index contributed by atoms with van der Waals surface area (Å²) in [5.41, 5.74) is 0.569. The lowest BCUT2D eigenvalue weighted by atomic mass is 9.80. The molecule has 0 atom stereocenters. The van der Waals surface area contributed by atoms with E-state index in [4.69, 9.17) is 9.47 Å². The number of rotatable bonds is 8. The van der Waals surface area contributed by atoms with E-state index >= 15 is 0 Å². The molecule has 6 nitrogen and oxygen atoms in total.